The van der Waals surface area contributed by atoms with E-state index in [0.717, 1.165) is 11.1 Å². The van der Waals surface area contributed by atoms with Gasteiger partial charge in [-0.1, -0.05) is 17.7 Å². The predicted molar refractivity (Wildman–Crippen MR) is 111 cm³/mol. The van der Waals surface area contributed by atoms with Crippen LogP contribution in [-0.2, 0) is 14.3 Å². The number of rotatable bonds is 8. The van der Waals surface area contributed by atoms with E-state index in [-0.39, 0.29) is 6.61 Å². The largest absolute Gasteiger partial charge is 0.496 e. The molecule has 0 heterocycles. The first kappa shape index (κ1) is 21.8. The summed E-state index contributed by atoms with van der Waals surface area (Å²) in [7, 11) is 4.54. The zero-order valence-corrected chi connectivity index (χ0v) is 17.2. The molecule has 0 bridgehead atoms. The van der Waals surface area contributed by atoms with E-state index in [2.05, 4.69) is 5.32 Å². The van der Waals surface area contributed by atoms with Gasteiger partial charge in [-0.15, -0.1) is 0 Å². The Morgan fingerprint density at radius 3 is 2.21 bits per heavy atom. The summed E-state index contributed by atoms with van der Waals surface area (Å²) in [5.74, 6) is 0.431. The molecule has 0 atom stereocenters. The van der Waals surface area contributed by atoms with Crippen LogP contribution in [0.5, 0.6) is 17.2 Å². The first-order chi connectivity index (χ1) is 13.9. The van der Waals surface area contributed by atoms with E-state index in [9.17, 15) is 9.59 Å². The van der Waals surface area contributed by atoms with Crippen LogP contribution in [0.4, 0.5) is 5.69 Å². The number of aryl methyl sites for hydroxylation is 2. The predicted octanol–water partition coefficient (Wildman–Crippen LogP) is 3.52. The number of anilines is 1. The van der Waals surface area contributed by atoms with Crippen molar-refractivity contribution >= 4 is 23.6 Å². The molecule has 154 valence electrons. The molecule has 7 heteroatoms. The van der Waals surface area contributed by atoms with Crippen molar-refractivity contribution in [2.75, 3.05) is 33.3 Å². The van der Waals surface area contributed by atoms with Crippen molar-refractivity contribution in [3.8, 4) is 17.2 Å². The number of ether oxygens (including phenoxy) is 4. The van der Waals surface area contributed by atoms with Crippen LogP contribution in [0.25, 0.3) is 6.08 Å². The summed E-state index contributed by atoms with van der Waals surface area (Å²) in [5.41, 5.74) is 3.32. The summed E-state index contributed by atoms with van der Waals surface area (Å²) < 4.78 is 20.8. The minimum absolute atomic E-state index is 0.389. The van der Waals surface area contributed by atoms with Gasteiger partial charge in [-0.05, 0) is 37.6 Å². The highest BCUT2D eigenvalue weighted by atomic mass is 16.5. The second kappa shape index (κ2) is 10.2. The second-order valence-electron chi connectivity index (χ2n) is 6.26. The lowest BCUT2D eigenvalue weighted by Crippen LogP contribution is -2.20. The molecule has 7 nitrogen and oxygen atoms in total. The van der Waals surface area contributed by atoms with Gasteiger partial charge in [0.15, 0.2) is 18.1 Å². The third-order valence-electron chi connectivity index (χ3n) is 4.14. The lowest BCUT2D eigenvalue weighted by molar-refractivity contribution is -0.142. The average Bonchev–Trinajstić information content (AvgIpc) is 2.71. The summed E-state index contributed by atoms with van der Waals surface area (Å²) in [6, 6.07) is 9.00. The number of methoxy groups -OCH3 is 3. The number of benzene rings is 2. The van der Waals surface area contributed by atoms with Gasteiger partial charge in [0.05, 0.1) is 21.3 Å². The summed E-state index contributed by atoms with van der Waals surface area (Å²) >= 11 is 0. The molecule has 0 spiro atoms. The van der Waals surface area contributed by atoms with Crippen LogP contribution in [0, 0.1) is 13.8 Å². The molecule has 2 aromatic rings. The third kappa shape index (κ3) is 6.00. The Bertz CT molecular complexity index is 920. The van der Waals surface area contributed by atoms with Crippen molar-refractivity contribution in [3.05, 3.63) is 53.1 Å². The fraction of sp³-hybridized carbons (Fsp3) is 0.273. The van der Waals surface area contributed by atoms with Gasteiger partial charge < -0.3 is 24.3 Å². The van der Waals surface area contributed by atoms with Crippen molar-refractivity contribution in [1.82, 2.24) is 0 Å². The van der Waals surface area contributed by atoms with Crippen molar-refractivity contribution in [2.45, 2.75) is 13.8 Å². The molecule has 0 unspecified atom stereocenters. The van der Waals surface area contributed by atoms with Crippen LogP contribution in [-0.4, -0.2) is 39.8 Å². The molecule has 0 saturated carbocycles. The van der Waals surface area contributed by atoms with Gasteiger partial charge in [0, 0.05) is 23.4 Å². The van der Waals surface area contributed by atoms with Gasteiger partial charge in [-0.3, -0.25) is 4.79 Å². The number of carbonyl (C=O) groups excluding carboxylic acids is 2. The molecule has 0 fully saturated rings. The van der Waals surface area contributed by atoms with E-state index in [1.807, 2.05) is 32.0 Å². The van der Waals surface area contributed by atoms with Gasteiger partial charge in [0.2, 0.25) is 0 Å². The van der Waals surface area contributed by atoms with Crippen molar-refractivity contribution in [3.63, 3.8) is 0 Å². The van der Waals surface area contributed by atoms with E-state index in [1.54, 1.807) is 12.1 Å². The molecule has 2 aromatic carbocycles. The maximum atomic E-state index is 12.0. The molecule has 1 amide bonds. The molecular weight excluding hydrogens is 374 g/mol. The Balaban J connectivity index is 1.98. The third-order valence-corrected chi connectivity index (χ3v) is 4.14. The van der Waals surface area contributed by atoms with E-state index < -0.39 is 11.9 Å². The number of nitrogens with one attached hydrogen (secondary N) is 1. The lowest BCUT2D eigenvalue weighted by Gasteiger charge is -2.12. The van der Waals surface area contributed by atoms with Crippen LogP contribution >= 0.6 is 0 Å². The molecule has 1 N–H and O–H groups in total. The zero-order chi connectivity index (χ0) is 21.4. The van der Waals surface area contributed by atoms with Crippen molar-refractivity contribution in [2.24, 2.45) is 0 Å². The number of hydrogen-bond donors (Lipinski definition) is 1. The summed E-state index contributed by atoms with van der Waals surface area (Å²) in [5, 5.41) is 2.72. The van der Waals surface area contributed by atoms with Crippen LogP contribution < -0.4 is 19.5 Å². The van der Waals surface area contributed by atoms with E-state index in [0.29, 0.717) is 28.5 Å². The van der Waals surface area contributed by atoms with E-state index in [1.165, 1.54) is 33.5 Å². The number of esters is 1. The van der Waals surface area contributed by atoms with Gasteiger partial charge in [0.1, 0.15) is 5.75 Å². The van der Waals surface area contributed by atoms with Gasteiger partial charge in [-0.2, -0.15) is 0 Å². The Morgan fingerprint density at radius 2 is 1.59 bits per heavy atom. The molecule has 0 aromatic heterocycles. The van der Waals surface area contributed by atoms with Crippen LogP contribution in [0.2, 0.25) is 0 Å². The molecule has 0 aliphatic carbocycles. The summed E-state index contributed by atoms with van der Waals surface area (Å²) in [6.45, 7) is 3.48. The molecule has 0 aliphatic rings. The zero-order valence-electron chi connectivity index (χ0n) is 17.2. The van der Waals surface area contributed by atoms with E-state index in [4.69, 9.17) is 18.9 Å². The lowest BCUT2D eigenvalue weighted by atomic mass is 10.1. The van der Waals surface area contributed by atoms with Gasteiger partial charge in [-0.25, -0.2) is 4.79 Å². The number of hydrogen-bond acceptors (Lipinski definition) is 6. The first-order valence-corrected chi connectivity index (χ1v) is 8.90. The monoisotopic (exact) mass is 399 g/mol. The number of carbonyl (C=O) groups is 2. The Kier molecular flexibility index (Phi) is 7.65. The Morgan fingerprint density at radius 1 is 0.931 bits per heavy atom. The van der Waals surface area contributed by atoms with Crippen LogP contribution in [0.3, 0.4) is 0 Å². The quantitative estimate of drug-likeness (QED) is 0.540. The molecule has 0 aliphatic heterocycles. The summed E-state index contributed by atoms with van der Waals surface area (Å²) in [4.78, 5) is 24.0. The molecule has 2 rings (SSSR count). The first-order valence-electron chi connectivity index (χ1n) is 8.90. The Hall–Kier alpha value is -3.48. The minimum Gasteiger partial charge on any atom is -0.496 e. The normalized spacial score (nSPS) is 10.5. The standard InChI is InChI=1S/C22H25NO6/c1-14-6-8-17(15(2)10-14)23-21(24)13-29-22(25)9-7-16-11-19(27-4)20(28-5)12-18(16)26-3/h6-12H,13H2,1-5H3,(H,23,24)/b9-7+. The molecule has 0 saturated heterocycles. The maximum Gasteiger partial charge on any atom is 0.331 e. The highest BCUT2D eigenvalue weighted by Crippen LogP contribution is 2.35. The van der Waals surface area contributed by atoms with Crippen molar-refractivity contribution < 1.29 is 28.5 Å². The van der Waals surface area contributed by atoms with Gasteiger partial charge in [0.25, 0.3) is 5.91 Å². The highest BCUT2D eigenvalue weighted by Gasteiger charge is 2.11. The van der Waals surface area contributed by atoms with Crippen LogP contribution in [0.1, 0.15) is 16.7 Å². The molecule has 29 heavy (non-hydrogen) atoms. The fourth-order valence-corrected chi connectivity index (χ4v) is 2.67. The SMILES string of the molecule is COc1cc(OC)c(OC)cc1/C=C/C(=O)OCC(=O)Nc1ccc(C)cc1C. The van der Waals surface area contributed by atoms with Gasteiger partial charge >= 0.3 is 5.97 Å². The van der Waals surface area contributed by atoms with E-state index >= 15 is 0 Å². The summed E-state index contributed by atoms with van der Waals surface area (Å²) in [6.07, 6.45) is 2.74. The Labute approximate surface area is 170 Å². The topological polar surface area (TPSA) is 83.1 Å². The minimum atomic E-state index is -0.655. The molecule has 0 radical (unpaired) electrons. The maximum absolute atomic E-state index is 12.0. The molecular formula is C22H25NO6. The fourth-order valence-electron chi connectivity index (χ4n) is 2.67. The highest BCUT2D eigenvalue weighted by molar-refractivity contribution is 5.95. The van der Waals surface area contributed by atoms with Crippen molar-refractivity contribution in [1.29, 1.82) is 0 Å². The second-order valence-corrected chi connectivity index (χ2v) is 6.26. The van der Waals surface area contributed by atoms with Crippen LogP contribution in [0.15, 0.2) is 36.4 Å². The average molecular weight is 399 g/mol. The number of amides is 1. The smallest absolute Gasteiger partial charge is 0.331 e.